The number of rotatable bonds is 6. The number of nitro benzene ring substituents is 4. The number of aromatic carboxylic acids is 2. The molecule has 0 saturated carbocycles. The Morgan fingerprint density at radius 2 is 0.733 bits per heavy atom. The molecule has 2 N–H and O–H groups in total. The molecule has 0 aliphatic heterocycles. The lowest BCUT2D eigenvalue weighted by Gasteiger charge is -1.96. The minimum absolute atomic E-state index is 0.490. The van der Waals surface area contributed by atoms with Crippen LogP contribution >= 0.6 is 0 Å². The summed E-state index contributed by atoms with van der Waals surface area (Å²) in [6.45, 7) is 0. The van der Waals surface area contributed by atoms with Crippen LogP contribution in [0.1, 0.15) is 20.7 Å². The molecular formula is C14H8N4O12. The van der Waals surface area contributed by atoms with E-state index < -0.39 is 65.5 Å². The van der Waals surface area contributed by atoms with E-state index in [0.29, 0.717) is 12.1 Å². The van der Waals surface area contributed by atoms with Gasteiger partial charge in [0.1, 0.15) is 0 Å². The fourth-order valence-corrected chi connectivity index (χ4v) is 1.86. The van der Waals surface area contributed by atoms with Crippen LogP contribution in [0.2, 0.25) is 0 Å². The Morgan fingerprint density at radius 3 is 0.867 bits per heavy atom. The van der Waals surface area contributed by atoms with Gasteiger partial charge >= 0.3 is 11.9 Å². The Bertz CT molecular complexity index is 837. The van der Waals surface area contributed by atoms with E-state index in [2.05, 4.69) is 0 Å². The lowest BCUT2D eigenvalue weighted by Crippen LogP contribution is -2.00. The van der Waals surface area contributed by atoms with Crippen molar-refractivity contribution < 1.29 is 39.5 Å². The molecule has 2 aromatic carbocycles. The lowest BCUT2D eigenvalue weighted by atomic mass is 10.2. The molecule has 0 unspecified atom stereocenters. The average Bonchev–Trinajstić information content (AvgIpc) is 2.67. The fraction of sp³-hybridized carbons (Fsp3) is 0. The summed E-state index contributed by atoms with van der Waals surface area (Å²) in [5.41, 5.74) is -3.47. The molecule has 2 aromatic rings. The maximum absolute atomic E-state index is 10.5. The van der Waals surface area contributed by atoms with Crippen molar-refractivity contribution in [1.82, 2.24) is 0 Å². The van der Waals surface area contributed by atoms with Gasteiger partial charge in [0.05, 0.1) is 43.0 Å². The number of hydrogen-bond acceptors (Lipinski definition) is 10. The summed E-state index contributed by atoms with van der Waals surface area (Å²) in [6.07, 6.45) is 0. The summed E-state index contributed by atoms with van der Waals surface area (Å²) in [5.74, 6) is -2.91. The predicted molar refractivity (Wildman–Crippen MR) is 93.4 cm³/mol. The first-order valence-corrected chi connectivity index (χ1v) is 7.17. The average molecular weight is 424 g/mol. The maximum Gasteiger partial charge on any atom is 0.336 e. The van der Waals surface area contributed by atoms with Crippen molar-refractivity contribution in [2.24, 2.45) is 0 Å². The molecule has 0 aliphatic rings. The quantitative estimate of drug-likeness (QED) is 0.501. The Morgan fingerprint density at radius 1 is 0.533 bits per heavy atom. The normalized spacial score (nSPS) is 9.60. The second-order valence-corrected chi connectivity index (χ2v) is 5.11. The number of nitro groups is 4. The van der Waals surface area contributed by atoms with Crippen LogP contribution in [0.15, 0.2) is 36.4 Å². The molecule has 0 spiro atoms. The molecule has 0 radical (unpaired) electrons. The molecule has 156 valence electrons. The Kier molecular flexibility index (Phi) is 7.11. The van der Waals surface area contributed by atoms with Crippen LogP contribution in [-0.2, 0) is 0 Å². The van der Waals surface area contributed by atoms with Crippen molar-refractivity contribution in [3.05, 3.63) is 88.0 Å². The second-order valence-electron chi connectivity index (χ2n) is 5.11. The highest BCUT2D eigenvalue weighted by molar-refractivity contribution is 5.90. The van der Waals surface area contributed by atoms with Gasteiger partial charge in [-0.25, -0.2) is 9.59 Å². The predicted octanol–water partition coefficient (Wildman–Crippen LogP) is 2.40. The highest BCUT2D eigenvalue weighted by Gasteiger charge is 2.20. The molecule has 0 fully saturated rings. The summed E-state index contributed by atoms with van der Waals surface area (Å²) < 4.78 is 0. The van der Waals surface area contributed by atoms with Gasteiger partial charge in [-0.2, -0.15) is 0 Å². The molecule has 0 amide bonds. The Labute approximate surface area is 163 Å². The first kappa shape index (κ1) is 23.0. The lowest BCUT2D eigenvalue weighted by molar-refractivity contribution is -0.394. The summed E-state index contributed by atoms with van der Waals surface area (Å²) in [4.78, 5) is 58.8. The first-order chi connectivity index (χ1) is 13.8. The molecule has 0 saturated heterocycles. The van der Waals surface area contributed by atoms with E-state index in [9.17, 15) is 50.0 Å². The first-order valence-electron chi connectivity index (χ1n) is 7.17. The highest BCUT2D eigenvalue weighted by Crippen LogP contribution is 2.23. The number of benzene rings is 2. The molecule has 0 bridgehead atoms. The standard InChI is InChI=1S/2C7H4N2O6/c2*10-7(11)4-1-5(8(12)13)3-6(2-4)9(14)15/h2*1-3H,(H,10,11). The van der Waals surface area contributed by atoms with Gasteiger partial charge in [-0.05, 0) is 0 Å². The molecule has 2 rings (SSSR count). The van der Waals surface area contributed by atoms with Gasteiger partial charge in [-0.1, -0.05) is 0 Å². The zero-order valence-corrected chi connectivity index (χ0v) is 14.2. The summed E-state index contributed by atoms with van der Waals surface area (Å²) in [5, 5.41) is 58.5. The molecule has 0 aliphatic carbocycles. The van der Waals surface area contributed by atoms with Crippen LogP contribution in [-0.4, -0.2) is 41.8 Å². The third-order valence-corrected chi connectivity index (χ3v) is 3.14. The largest absolute Gasteiger partial charge is 0.478 e. The van der Waals surface area contributed by atoms with Gasteiger partial charge in [-0.3, -0.25) is 40.5 Å². The second kappa shape index (κ2) is 9.26. The van der Waals surface area contributed by atoms with E-state index in [4.69, 9.17) is 10.2 Å². The van der Waals surface area contributed by atoms with Gasteiger partial charge in [0.2, 0.25) is 0 Å². The molecule has 0 aromatic heterocycles. The van der Waals surface area contributed by atoms with Gasteiger partial charge in [-0.15, -0.1) is 0 Å². The third kappa shape index (κ3) is 6.01. The smallest absolute Gasteiger partial charge is 0.336 e. The molecule has 16 heteroatoms. The van der Waals surface area contributed by atoms with Gasteiger partial charge in [0.15, 0.2) is 0 Å². The van der Waals surface area contributed by atoms with Gasteiger partial charge < -0.3 is 10.2 Å². The zero-order chi connectivity index (χ0) is 23.2. The number of carboxylic acid groups (broad SMARTS) is 2. The van der Waals surface area contributed by atoms with E-state index >= 15 is 0 Å². The molecule has 0 atom stereocenters. The van der Waals surface area contributed by atoms with E-state index in [-0.39, 0.29) is 0 Å². The van der Waals surface area contributed by atoms with Crippen molar-refractivity contribution in [3.63, 3.8) is 0 Å². The van der Waals surface area contributed by atoms with Crippen LogP contribution in [0.5, 0.6) is 0 Å². The minimum Gasteiger partial charge on any atom is -0.478 e. The number of hydrogen-bond donors (Lipinski definition) is 2. The van der Waals surface area contributed by atoms with E-state index in [1.54, 1.807) is 0 Å². The van der Waals surface area contributed by atoms with Crippen molar-refractivity contribution >= 4 is 34.7 Å². The highest BCUT2D eigenvalue weighted by atomic mass is 16.6. The number of nitrogens with zero attached hydrogens (tertiary/aromatic N) is 4. The van der Waals surface area contributed by atoms with Crippen molar-refractivity contribution in [3.8, 4) is 0 Å². The fourth-order valence-electron chi connectivity index (χ4n) is 1.86. The summed E-state index contributed by atoms with van der Waals surface area (Å²) in [6, 6.07) is 4.44. The SMILES string of the molecule is O=C(O)c1cc([N+](=O)[O-])cc([N+](=O)[O-])c1.O=C(O)c1cc([N+](=O)[O-])cc([N+](=O)[O-])c1. The topological polar surface area (TPSA) is 247 Å². The van der Waals surface area contributed by atoms with Crippen molar-refractivity contribution in [1.29, 1.82) is 0 Å². The Hall–Kier alpha value is -5.02. The van der Waals surface area contributed by atoms with E-state index in [1.165, 1.54) is 0 Å². The zero-order valence-electron chi connectivity index (χ0n) is 14.2. The van der Waals surface area contributed by atoms with Crippen LogP contribution in [0.3, 0.4) is 0 Å². The van der Waals surface area contributed by atoms with Crippen molar-refractivity contribution in [2.75, 3.05) is 0 Å². The number of carboxylic acids is 2. The van der Waals surface area contributed by atoms with Crippen LogP contribution < -0.4 is 0 Å². The van der Waals surface area contributed by atoms with Crippen LogP contribution in [0.4, 0.5) is 22.7 Å². The van der Waals surface area contributed by atoms with Crippen LogP contribution in [0, 0.1) is 40.5 Å². The van der Waals surface area contributed by atoms with E-state index in [0.717, 1.165) is 24.3 Å². The van der Waals surface area contributed by atoms with E-state index in [1.807, 2.05) is 0 Å². The van der Waals surface area contributed by atoms with Gasteiger partial charge in [0.25, 0.3) is 22.7 Å². The molecule has 16 nitrogen and oxygen atoms in total. The summed E-state index contributed by atoms with van der Waals surface area (Å²) in [7, 11) is 0. The minimum atomic E-state index is -1.46. The van der Waals surface area contributed by atoms with Crippen molar-refractivity contribution in [2.45, 2.75) is 0 Å². The maximum atomic E-state index is 10.5. The molecule has 0 heterocycles. The monoisotopic (exact) mass is 424 g/mol. The molecule has 30 heavy (non-hydrogen) atoms. The Balaban J connectivity index is 0.000000300. The number of carbonyl (C=O) groups is 2. The molecular weight excluding hydrogens is 416 g/mol. The van der Waals surface area contributed by atoms with Gasteiger partial charge in [0, 0.05) is 24.3 Å². The number of non-ortho nitro benzene ring substituents is 4. The summed E-state index contributed by atoms with van der Waals surface area (Å²) >= 11 is 0. The third-order valence-electron chi connectivity index (χ3n) is 3.14. The van der Waals surface area contributed by atoms with Crippen LogP contribution in [0.25, 0.3) is 0 Å².